The van der Waals surface area contributed by atoms with E-state index >= 15 is 0 Å². The van der Waals surface area contributed by atoms with Crippen molar-refractivity contribution in [3.8, 4) is 5.75 Å². The number of thiazole rings is 1. The van der Waals surface area contributed by atoms with Crippen LogP contribution in [0.25, 0.3) is 10.2 Å². The lowest BCUT2D eigenvalue weighted by Crippen LogP contribution is -2.50. The zero-order chi connectivity index (χ0) is 30.9. The number of carbonyl (C=O) groups excluding carboxylic acids is 2. The normalized spacial score (nSPS) is 18.1. The van der Waals surface area contributed by atoms with E-state index in [-0.39, 0.29) is 58.4 Å². The van der Waals surface area contributed by atoms with Gasteiger partial charge in [0, 0.05) is 24.5 Å². The summed E-state index contributed by atoms with van der Waals surface area (Å²) in [5.74, 6) is -1.09. The molecule has 5 rings (SSSR count). The van der Waals surface area contributed by atoms with Crippen LogP contribution in [-0.4, -0.2) is 78.4 Å². The number of anilines is 1. The number of benzene rings is 3. The molecular weight excluding hydrogens is 612 g/mol. The largest absolute Gasteiger partial charge is 0.486 e. The van der Waals surface area contributed by atoms with Crippen LogP contribution >= 0.6 is 22.9 Å². The molecule has 0 saturated heterocycles. The van der Waals surface area contributed by atoms with Crippen molar-refractivity contribution in [2.45, 2.75) is 30.9 Å². The van der Waals surface area contributed by atoms with Gasteiger partial charge in [0.15, 0.2) is 10.8 Å². The second kappa shape index (κ2) is 12.6. The number of ether oxygens (including phenoxy) is 1. The highest BCUT2D eigenvalue weighted by molar-refractivity contribution is 7.89. The maximum Gasteiger partial charge on any atom is 0.284 e. The predicted octanol–water partition coefficient (Wildman–Crippen LogP) is 4.74. The Labute approximate surface area is 258 Å². The van der Waals surface area contributed by atoms with Gasteiger partial charge in [-0.1, -0.05) is 36.7 Å². The van der Waals surface area contributed by atoms with Gasteiger partial charge >= 0.3 is 0 Å². The number of halogens is 1. The Balaban J connectivity index is 1.51. The summed E-state index contributed by atoms with van der Waals surface area (Å²) >= 11 is 7.20. The third kappa shape index (κ3) is 6.38. The van der Waals surface area contributed by atoms with E-state index in [1.807, 2.05) is 31.2 Å². The number of rotatable bonds is 8. The number of aliphatic hydroxyl groups excluding tert-OH is 1. The molecule has 0 unspecified atom stereocenters. The van der Waals surface area contributed by atoms with Crippen LogP contribution in [-0.2, 0) is 10.0 Å². The van der Waals surface area contributed by atoms with Crippen LogP contribution in [0.5, 0.6) is 5.75 Å². The van der Waals surface area contributed by atoms with E-state index in [0.29, 0.717) is 10.5 Å². The number of carbonyl (C=O) groups is 2. The first kappa shape index (κ1) is 30.9. The Morgan fingerprint density at radius 3 is 2.60 bits per heavy atom. The molecule has 1 aliphatic heterocycles. The van der Waals surface area contributed by atoms with Gasteiger partial charge < -0.3 is 20.1 Å². The fourth-order valence-electron chi connectivity index (χ4n) is 4.84. The molecule has 2 heterocycles. The van der Waals surface area contributed by atoms with Gasteiger partial charge in [-0.05, 0) is 55.5 Å². The average Bonchev–Trinajstić information content (AvgIpc) is 3.44. The van der Waals surface area contributed by atoms with E-state index < -0.39 is 28.1 Å². The van der Waals surface area contributed by atoms with Crippen LogP contribution in [0, 0.1) is 5.92 Å². The van der Waals surface area contributed by atoms with Crippen LogP contribution in [0.15, 0.2) is 71.6 Å². The zero-order valence-electron chi connectivity index (χ0n) is 23.7. The number of hydrogen-bond donors (Lipinski definition) is 2. The van der Waals surface area contributed by atoms with Gasteiger partial charge in [0.2, 0.25) is 10.0 Å². The maximum absolute atomic E-state index is 13.8. The van der Waals surface area contributed by atoms with Gasteiger partial charge in [-0.25, -0.2) is 13.4 Å². The topological polar surface area (TPSA) is 129 Å². The molecule has 2 N–H and O–H groups in total. The number of nitrogens with zero attached hydrogens (tertiary/aromatic N) is 3. The fraction of sp³-hybridized carbons (Fsp3) is 0.300. The molecule has 10 nitrogen and oxygen atoms in total. The first-order valence-corrected chi connectivity index (χ1v) is 16.2. The van der Waals surface area contributed by atoms with Gasteiger partial charge in [0.25, 0.3) is 11.8 Å². The summed E-state index contributed by atoms with van der Waals surface area (Å²) in [5, 5.41) is 13.4. The van der Waals surface area contributed by atoms with Crippen LogP contribution in [0.4, 0.5) is 5.69 Å². The van der Waals surface area contributed by atoms with Gasteiger partial charge in [-0.15, -0.1) is 11.3 Å². The van der Waals surface area contributed by atoms with Crippen molar-refractivity contribution in [1.82, 2.24) is 14.2 Å². The molecule has 0 aliphatic carbocycles. The SMILES string of the molecule is C[C@H]1CN([C@@H](C)CO)C(=O)c2cccc(NC(=O)c3nc4ccccc4s3)c2O[C@@H]1CN(C)S(=O)(=O)c1ccc(Cl)cc1. The first-order chi connectivity index (χ1) is 20.5. The fourth-order valence-corrected chi connectivity index (χ4v) is 7.01. The number of aromatic nitrogens is 1. The molecule has 1 aliphatic rings. The Morgan fingerprint density at radius 1 is 1.19 bits per heavy atom. The third-order valence-corrected chi connectivity index (χ3v) is 10.5. The summed E-state index contributed by atoms with van der Waals surface area (Å²) in [6.07, 6.45) is -0.729. The van der Waals surface area contributed by atoms with E-state index in [1.54, 1.807) is 30.0 Å². The summed E-state index contributed by atoms with van der Waals surface area (Å²) in [5.41, 5.74) is 1.12. The highest BCUT2D eigenvalue weighted by Crippen LogP contribution is 2.36. The minimum atomic E-state index is -3.90. The number of para-hydroxylation sites is 2. The summed E-state index contributed by atoms with van der Waals surface area (Å²) in [6.45, 7) is 3.48. The van der Waals surface area contributed by atoms with E-state index in [9.17, 15) is 23.1 Å². The number of fused-ring (bicyclic) bond motifs is 2. The summed E-state index contributed by atoms with van der Waals surface area (Å²) in [7, 11) is -2.44. The standard InChI is InChI=1S/C30H31ClN4O6S2/c1-18-15-35(19(2)17-36)30(38)22-7-6-9-24(32-28(37)29-33-23-8-4-5-10-26(23)42-29)27(22)41-25(18)16-34(3)43(39,40)21-13-11-20(31)12-14-21/h4-14,18-19,25,36H,15-17H2,1-3H3,(H,32,37)/t18-,19-,25+/m0/s1. The first-order valence-electron chi connectivity index (χ1n) is 13.6. The summed E-state index contributed by atoms with van der Waals surface area (Å²) in [6, 6.07) is 17.6. The smallest absolute Gasteiger partial charge is 0.284 e. The Hall–Kier alpha value is -3.55. The number of hydrogen-bond acceptors (Lipinski definition) is 8. The third-order valence-electron chi connectivity index (χ3n) is 7.39. The number of nitrogens with one attached hydrogen (secondary N) is 1. The van der Waals surface area contributed by atoms with Gasteiger partial charge in [-0.3, -0.25) is 9.59 Å². The summed E-state index contributed by atoms with van der Waals surface area (Å²) in [4.78, 5) is 33.1. The molecule has 2 amide bonds. The second-order valence-electron chi connectivity index (χ2n) is 10.5. The molecule has 226 valence electrons. The van der Waals surface area contributed by atoms with Gasteiger partial charge in [0.05, 0.1) is 45.6 Å². The van der Waals surface area contributed by atoms with Crippen molar-refractivity contribution < 1.29 is 27.9 Å². The lowest BCUT2D eigenvalue weighted by Gasteiger charge is -2.38. The van der Waals surface area contributed by atoms with Crippen molar-refractivity contribution >= 4 is 60.7 Å². The van der Waals surface area contributed by atoms with Crippen molar-refractivity contribution in [3.63, 3.8) is 0 Å². The van der Waals surface area contributed by atoms with Crippen LogP contribution < -0.4 is 10.1 Å². The van der Waals surface area contributed by atoms with Crippen molar-refractivity contribution in [2.24, 2.45) is 5.92 Å². The molecule has 43 heavy (non-hydrogen) atoms. The predicted molar refractivity (Wildman–Crippen MR) is 166 cm³/mol. The van der Waals surface area contributed by atoms with E-state index in [1.165, 1.54) is 47.0 Å². The Morgan fingerprint density at radius 2 is 1.91 bits per heavy atom. The van der Waals surface area contributed by atoms with Crippen LogP contribution in [0.1, 0.15) is 34.0 Å². The molecule has 3 aromatic carbocycles. The molecule has 4 aromatic rings. The molecule has 13 heteroatoms. The quantitative estimate of drug-likeness (QED) is 0.284. The lowest BCUT2D eigenvalue weighted by atomic mass is 9.99. The second-order valence-corrected chi connectivity index (χ2v) is 14.0. The number of likely N-dealkylation sites (N-methyl/N-ethyl adjacent to an activating group) is 1. The number of amides is 2. The minimum Gasteiger partial charge on any atom is -0.486 e. The lowest BCUT2D eigenvalue weighted by molar-refractivity contribution is 0.0388. The molecule has 0 spiro atoms. The van der Waals surface area contributed by atoms with Gasteiger partial charge in [-0.2, -0.15) is 4.31 Å². The van der Waals surface area contributed by atoms with Crippen molar-refractivity contribution in [3.05, 3.63) is 82.3 Å². The minimum absolute atomic E-state index is 0.0543. The highest BCUT2D eigenvalue weighted by Gasteiger charge is 2.36. The van der Waals surface area contributed by atoms with Crippen LogP contribution in [0.3, 0.4) is 0 Å². The van der Waals surface area contributed by atoms with Crippen molar-refractivity contribution in [2.75, 3.05) is 32.1 Å². The average molecular weight is 643 g/mol. The zero-order valence-corrected chi connectivity index (χ0v) is 26.1. The highest BCUT2D eigenvalue weighted by atomic mass is 35.5. The Kier molecular flexibility index (Phi) is 9.04. The van der Waals surface area contributed by atoms with Crippen molar-refractivity contribution in [1.29, 1.82) is 0 Å². The summed E-state index contributed by atoms with van der Waals surface area (Å²) < 4.78 is 35.3. The van der Waals surface area contributed by atoms with Crippen LogP contribution in [0.2, 0.25) is 5.02 Å². The monoisotopic (exact) mass is 642 g/mol. The number of sulfonamides is 1. The molecule has 0 bridgehead atoms. The molecule has 0 radical (unpaired) electrons. The van der Waals surface area contributed by atoms with E-state index in [0.717, 1.165) is 4.70 Å². The Bertz CT molecular complexity index is 1730. The molecule has 0 saturated carbocycles. The molecule has 3 atom stereocenters. The van der Waals surface area contributed by atoms with E-state index in [4.69, 9.17) is 16.3 Å². The molecular formula is C30H31ClN4O6S2. The molecule has 0 fully saturated rings. The van der Waals surface area contributed by atoms with E-state index in [2.05, 4.69) is 10.3 Å². The maximum atomic E-state index is 13.8. The number of aliphatic hydroxyl groups is 1. The molecule has 1 aromatic heterocycles. The van der Waals surface area contributed by atoms with Gasteiger partial charge in [0.1, 0.15) is 6.10 Å².